The van der Waals surface area contributed by atoms with Gasteiger partial charge in [0, 0.05) is 12.5 Å². The van der Waals surface area contributed by atoms with Crippen LogP contribution < -0.4 is 11.3 Å². The molecule has 18 heavy (non-hydrogen) atoms. The minimum Gasteiger partial charge on any atom is -0.391 e. The number of nitrogens with two attached hydrogens (primary N) is 1. The third-order valence-electron chi connectivity index (χ3n) is 2.74. The molecule has 0 rings (SSSR count). The van der Waals surface area contributed by atoms with Crippen molar-refractivity contribution < 1.29 is 14.6 Å². The number of hydrazine groups is 1. The standard InChI is InChI=1S/C13H28N2O3/c1-4-5-6-11(13(17)15-14)7-12(16)9-18-8-10(2)3/h10-12,16H,4-9,14H2,1-3H3,(H,15,17)/t11-,12+/m1/s1. The van der Waals surface area contributed by atoms with Crippen molar-refractivity contribution in [2.45, 2.75) is 52.6 Å². The van der Waals surface area contributed by atoms with E-state index in [-0.39, 0.29) is 18.4 Å². The smallest absolute Gasteiger partial charge is 0.237 e. The van der Waals surface area contributed by atoms with Crippen LogP contribution in [0, 0.1) is 11.8 Å². The quantitative estimate of drug-likeness (QED) is 0.313. The molecule has 0 aromatic heterocycles. The Morgan fingerprint density at radius 3 is 2.56 bits per heavy atom. The third kappa shape index (κ3) is 8.44. The average Bonchev–Trinajstić information content (AvgIpc) is 2.32. The summed E-state index contributed by atoms with van der Waals surface area (Å²) < 4.78 is 5.36. The molecule has 1 amide bonds. The molecule has 0 heterocycles. The first-order valence-corrected chi connectivity index (χ1v) is 6.77. The molecule has 5 nitrogen and oxygen atoms in total. The Hall–Kier alpha value is -0.650. The molecule has 0 aliphatic rings. The van der Waals surface area contributed by atoms with Crippen molar-refractivity contribution in [3.63, 3.8) is 0 Å². The normalized spacial score (nSPS) is 14.6. The van der Waals surface area contributed by atoms with Gasteiger partial charge in [-0.15, -0.1) is 0 Å². The van der Waals surface area contributed by atoms with Crippen LogP contribution in [0.25, 0.3) is 0 Å². The van der Waals surface area contributed by atoms with Crippen molar-refractivity contribution >= 4 is 5.91 Å². The van der Waals surface area contributed by atoms with Gasteiger partial charge in [-0.05, 0) is 18.8 Å². The van der Waals surface area contributed by atoms with Gasteiger partial charge >= 0.3 is 0 Å². The van der Waals surface area contributed by atoms with Gasteiger partial charge in [-0.1, -0.05) is 33.6 Å². The Balaban J connectivity index is 4.01. The van der Waals surface area contributed by atoms with E-state index in [1.165, 1.54) is 0 Å². The number of carbonyl (C=O) groups excluding carboxylic acids is 1. The van der Waals surface area contributed by atoms with E-state index in [1.807, 2.05) is 0 Å². The lowest BCUT2D eigenvalue weighted by atomic mass is 9.95. The summed E-state index contributed by atoms with van der Waals surface area (Å²) >= 11 is 0. The maximum absolute atomic E-state index is 11.5. The molecule has 0 aliphatic carbocycles. The number of ether oxygens (including phenoxy) is 1. The van der Waals surface area contributed by atoms with Crippen LogP contribution in [0.1, 0.15) is 46.5 Å². The molecule has 5 heteroatoms. The number of hydrogen-bond acceptors (Lipinski definition) is 4. The van der Waals surface area contributed by atoms with Gasteiger partial charge < -0.3 is 9.84 Å². The van der Waals surface area contributed by atoms with Crippen LogP contribution >= 0.6 is 0 Å². The van der Waals surface area contributed by atoms with Crippen LogP contribution in [-0.2, 0) is 9.53 Å². The predicted molar refractivity (Wildman–Crippen MR) is 71.6 cm³/mol. The molecule has 0 spiro atoms. The first-order valence-electron chi connectivity index (χ1n) is 6.77. The van der Waals surface area contributed by atoms with Crippen molar-refractivity contribution in [2.75, 3.05) is 13.2 Å². The van der Waals surface area contributed by atoms with E-state index >= 15 is 0 Å². The number of nitrogens with one attached hydrogen (secondary N) is 1. The fourth-order valence-corrected chi connectivity index (χ4v) is 1.76. The van der Waals surface area contributed by atoms with Crippen LogP contribution in [-0.4, -0.2) is 30.3 Å². The highest BCUT2D eigenvalue weighted by Gasteiger charge is 2.21. The zero-order chi connectivity index (χ0) is 14.0. The third-order valence-corrected chi connectivity index (χ3v) is 2.74. The largest absolute Gasteiger partial charge is 0.391 e. The molecular formula is C13H28N2O3. The van der Waals surface area contributed by atoms with Gasteiger partial charge in [0.2, 0.25) is 5.91 Å². The second kappa shape index (κ2) is 10.3. The number of aliphatic hydroxyl groups excluding tert-OH is 1. The number of carbonyl (C=O) groups is 1. The maximum Gasteiger partial charge on any atom is 0.237 e. The summed E-state index contributed by atoms with van der Waals surface area (Å²) in [7, 11) is 0. The van der Waals surface area contributed by atoms with Crippen molar-refractivity contribution in [3.8, 4) is 0 Å². The van der Waals surface area contributed by atoms with Crippen LogP contribution in [0.5, 0.6) is 0 Å². The molecule has 0 aromatic rings. The average molecular weight is 260 g/mol. The summed E-state index contributed by atoms with van der Waals surface area (Å²) in [6.45, 7) is 7.08. The Labute approximate surface area is 110 Å². The van der Waals surface area contributed by atoms with Crippen LogP contribution in [0.3, 0.4) is 0 Å². The summed E-state index contributed by atoms with van der Waals surface area (Å²) in [5.41, 5.74) is 2.16. The number of amides is 1. The molecule has 0 aromatic carbocycles. The number of hydrogen-bond donors (Lipinski definition) is 3. The summed E-state index contributed by atoms with van der Waals surface area (Å²) in [6.07, 6.45) is 2.52. The zero-order valence-electron chi connectivity index (χ0n) is 11.8. The SMILES string of the molecule is CCCC[C@H](C[C@H](O)COCC(C)C)C(=O)NN. The van der Waals surface area contributed by atoms with Crippen molar-refractivity contribution in [1.29, 1.82) is 0 Å². The number of rotatable bonds is 10. The van der Waals surface area contributed by atoms with Gasteiger partial charge in [-0.25, -0.2) is 5.84 Å². The lowest BCUT2D eigenvalue weighted by molar-refractivity contribution is -0.126. The van der Waals surface area contributed by atoms with Crippen molar-refractivity contribution in [2.24, 2.45) is 17.7 Å². The highest BCUT2D eigenvalue weighted by molar-refractivity contribution is 5.77. The van der Waals surface area contributed by atoms with Gasteiger partial charge in [0.1, 0.15) is 0 Å². The summed E-state index contributed by atoms with van der Waals surface area (Å²) in [5, 5.41) is 9.83. The topological polar surface area (TPSA) is 84.6 Å². The van der Waals surface area contributed by atoms with Gasteiger partial charge in [0.25, 0.3) is 0 Å². The minimum absolute atomic E-state index is 0.202. The highest BCUT2D eigenvalue weighted by Crippen LogP contribution is 2.15. The van der Waals surface area contributed by atoms with Gasteiger partial charge in [0.05, 0.1) is 12.7 Å². The first kappa shape index (κ1) is 17.4. The molecule has 0 saturated heterocycles. The maximum atomic E-state index is 11.5. The molecule has 0 fully saturated rings. The Kier molecular flexibility index (Phi) is 9.92. The second-order valence-corrected chi connectivity index (χ2v) is 5.17. The van der Waals surface area contributed by atoms with E-state index < -0.39 is 6.10 Å². The Morgan fingerprint density at radius 1 is 1.39 bits per heavy atom. The minimum atomic E-state index is -0.608. The second-order valence-electron chi connectivity index (χ2n) is 5.17. The van der Waals surface area contributed by atoms with Crippen LogP contribution in [0.4, 0.5) is 0 Å². The molecule has 4 N–H and O–H groups in total. The van der Waals surface area contributed by atoms with E-state index in [9.17, 15) is 9.90 Å². The van der Waals surface area contributed by atoms with Gasteiger partial charge in [-0.3, -0.25) is 10.2 Å². The van der Waals surface area contributed by atoms with Crippen molar-refractivity contribution in [1.82, 2.24) is 5.43 Å². The first-order chi connectivity index (χ1) is 8.51. The monoisotopic (exact) mass is 260 g/mol. The lowest BCUT2D eigenvalue weighted by Gasteiger charge is -2.19. The van der Waals surface area contributed by atoms with E-state index in [2.05, 4.69) is 26.2 Å². The molecule has 0 saturated carbocycles. The van der Waals surface area contributed by atoms with Crippen molar-refractivity contribution in [3.05, 3.63) is 0 Å². The van der Waals surface area contributed by atoms with E-state index in [1.54, 1.807) is 0 Å². The highest BCUT2D eigenvalue weighted by atomic mass is 16.5. The fraction of sp³-hybridized carbons (Fsp3) is 0.923. The van der Waals surface area contributed by atoms with Gasteiger partial charge in [0.15, 0.2) is 0 Å². The molecule has 0 radical (unpaired) electrons. The Bertz CT molecular complexity index is 222. The Morgan fingerprint density at radius 2 is 2.06 bits per heavy atom. The summed E-state index contributed by atoms with van der Waals surface area (Å²) in [4.78, 5) is 11.5. The molecule has 0 unspecified atom stereocenters. The van der Waals surface area contributed by atoms with E-state index in [0.717, 1.165) is 19.3 Å². The summed E-state index contributed by atoms with van der Waals surface area (Å²) in [6, 6.07) is 0. The summed E-state index contributed by atoms with van der Waals surface area (Å²) in [5.74, 6) is 5.16. The van der Waals surface area contributed by atoms with Crippen LogP contribution in [0.2, 0.25) is 0 Å². The molecule has 0 aliphatic heterocycles. The number of unbranched alkanes of at least 4 members (excludes halogenated alkanes) is 1. The lowest BCUT2D eigenvalue weighted by Crippen LogP contribution is -2.38. The fourth-order valence-electron chi connectivity index (χ4n) is 1.76. The predicted octanol–water partition coefficient (Wildman–Crippen LogP) is 1.21. The number of aliphatic hydroxyl groups is 1. The molecule has 0 bridgehead atoms. The van der Waals surface area contributed by atoms with Gasteiger partial charge in [-0.2, -0.15) is 0 Å². The zero-order valence-corrected chi connectivity index (χ0v) is 11.8. The molecular weight excluding hydrogens is 232 g/mol. The van der Waals surface area contributed by atoms with E-state index in [0.29, 0.717) is 18.9 Å². The molecule has 2 atom stereocenters. The van der Waals surface area contributed by atoms with Crippen LogP contribution in [0.15, 0.2) is 0 Å². The molecule has 108 valence electrons. The van der Waals surface area contributed by atoms with E-state index in [4.69, 9.17) is 10.6 Å².